The number of rotatable bonds is 5. The van der Waals surface area contributed by atoms with Crippen molar-refractivity contribution in [2.24, 2.45) is 0 Å². The van der Waals surface area contributed by atoms with E-state index in [0.29, 0.717) is 36.0 Å². The maximum atomic E-state index is 12.6. The van der Waals surface area contributed by atoms with Crippen LogP contribution in [0, 0.1) is 0 Å². The average Bonchev–Trinajstić information content (AvgIpc) is 3.17. The molecule has 1 aliphatic rings. The third kappa shape index (κ3) is 4.71. The van der Waals surface area contributed by atoms with Gasteiger partial charge in [0.2, 0.25) is 5.91 Å². The van der Waals surface area contributed by atoms with Crippen molar-refractivity contribution in [1.82, 2.24) is 10.2 Å². The van der Waals surface area contributed by atoms with Crippen LogP contribution < -0.4 is 15.4 Å². The number of carbonyl (C=O) groups is 2. The predicted molar refractivity (Wildman–Crippen MR) is 105 cm³/mol. The summed E-state index contributed by atoms with van der Waals surface area (Å²) in [7, 11) is 1.57. The summed E-state index contributed by atoms with van der Waals surface area (Å²) in [4.78, 5) is 26.8. The maximum absolute atomic E-state index is 12.6. The van der Waals surface area contributed by atoms with Gasteiger partial charge < -0.3 is 20.3 Å². The molecule has 3 rings (SSSR count). The minimum absolute atomic E-state index is 0.173. The molecule has 0 aromatic heterocycles. The van der Waals surface area contributed by atoms with Crippen LogP contribution in [-0.2, 0) is 11.3 Å². The quantitative estimate of drug-likeness (QED) is 0.822. The van der Waals surface area contributed by atoms with Crippen LogP contribution in [-0.4, -0.2) is 36.5 Å². The van der Waals surface area contributed by atoms with Crippen LogP contribution in [0.1, 0.15) is 18.4 Å². The molecule has 1 aliphatic heterocycles. The number of halogens is 1. The van der Waals surface area contributed by atoms with Crippen LogP contribution in [0.5, 0.6) is 5.75 Å². The van der Waals surface area contributed by atoms with Gasteiger partial charge in [-0.2, -0.15) is 0 Å². The third-order valence-corrected chi connectivity index (χ3v) is 4.92. The zero-order chi connectivity index (χ0) is 19.2. The van der Waals surface area contributed by atoms with Gasteiger partial charge in [0.1, 0.15) is 11.8 Å². The number of carbonyl (C=O) groups excluding carboxylic acids is 2. The predicted octanol–water partition coefficient (Wildman–Crippen LogP) is 3.66. The number of anilines is 1. The fourth-order valence-corrected chi connectivity index (χ4v) is 3.32. The molecule has 2 aromatic carbocycles. The molecule has 0 radical (unpaired) electrons. The Hall–Kier alpha value is -2.73. The summed E-state index contributed by atoms with van der Waals surface area (Å²) in [6.45, 7) is 0.875. The molecular formula is C20H22ClN3O3. The molecule has 142 valence electrons. The van der Waals surface area contributed by atoms with E-state index in [4.69, 9.17) is 16.3 Å². The van der Waals surface area contributed by atoms with E-state index in [1.807, 2.05) is 18.2 Å². The van der Waals surface area contributed by atoms with Gasteiger partial charge in [-0.3, -0.25) is 4.79 Å². The Morgan fingerprint density at radius 3 is 2.81 bits per heavy atom. The molecule has 6 nitrogen and oxygen atoms in total. The van der Waals surface area contributed by atoms with E-state index in [9.17, 15) is 9.59 Å². The monoisotopic (exact) mass is 387 g/mol. The number of amides is 3. The van der Waals surface area contributed by atoms with Crippen molar-refractivity contribution in [1.29, 1.82) is 0 Å². The van der Waals surface area contributed by atoms with Gasteiger partial charge in [-0.05, 0) is 36.6 Å². The first-order chi connectivity index (χ1) is 13.1. The summed E-state index contributed by atoms with van der Waals surface area (Å²) < 4.78 is 5.17. The number of urea groups is 1. The van der Waals surface area contributed by atoms with Crippen LogP contribution in [0.2, 0.25) is 5.02 Å². The van der Waals surface area contributed by atoms with E-state index in [0.717, 1.165) is 12.0 Å². The highest BCUT2D eigenvalue weighted by Gasteiger charge is 2.34. The molecule has 0 spiro atoms. The summed E-state index contributed by atoms with van der Waals surface area (Å²) in [5.74, 6) is 0.483. The Kier molecular flexibility index (Phi) is 6.19. The van der Waals surface area contributed by atoms with E-state index < -0.39 is 6.04 Å². The standard InChI is InChI=1S/C20H22ClN3O3/c1-27-16-8-4-7-15(12-16)23-20(26)24-11-5-10-18(24)19(25)22-13-14-6-2-3-9-17(14)21/h2-4,6-9,12,18H,5,10-11,13H2,1H3,(H,22,25)(H,23,26)/t18-/m0/s1. The topological polar surface area (TPSA) is 70.7 Å². The number of hydrogen-bond acceptors (Lipinski definition) is 3. The van der Waals surface area contributed by atoms with Crippen molar-refractivity contribution in [2.75, 3.05) is 19.0 Å². The van der Waals surface area contributed by atoms with E-state index in [1.165, 1.54) is 0 Å². The lowest BCUT2D eigenvalue weighted by Gasteiger charge is -2.24. The Balaban J connectivity index is 1.61. The average molecular weight is 388 g/mol. The van der Waals surface area contributed by atoms with Crippen molar-refractivity contribution < 1.29 is 14.3 Å². The molecular weight excluding hydrogens is 366 g/mol. The van der Waals surface area contributed by atoms with Gasteiger partial charge in [-0.1, -0.05) is 35.9 Å². The second-order valence-corrected chi connectivity index (χ2v) is 6.73. The smallest absolute Gasteiger partial charge is 0.322 e. The van der Waals surface area contributed by atoms with Gasteiger partial charge in [-0.15, -0.1) is 0 Å². The Bertz CT molecular complexity index is 828. The molecule has 1 heterocycles. The second-order valence-electron chi connectivity index (χ2n) is 6.32. The van der Waals surface area contributed by atoms with Gasteiger partial charge >= 0.3 is 6.03 Å². The lowest BCUT2D eigenvalue weighted by molar-refractivity contribution is -0.124. The van der Waals surface area contributed by atoms with Crippen LogP contribution >= 0.6 is 11.6 Å². The molecule has 0 saturated carbocycles. The van der Waals surface area contributed by atoms with Gasteiger partial charge in [0.15, 0.2) is 0 Å². The van der Waals surface area contributed by atoms with Gasteiger partial charge in [0, 0.05) is 29.9 Å². The SMILES string of the molecule is COc1cccc(NC(=O)N2CCC[C@H]2C(=O)NCc2ccccc2Cl)c1. The molecule has 7 heteroatoms. The van der Waals surface area contributed by atoms with Crippen LogP contribution in [0.25, 0.3) is 0 Å². The number of methoxy groups -OCH3 is 1. The van der Waals surface area contributed by atoms with Gasteiger partial charge in [0.25, 0.3) is 0 Å². The van der Waals surface area contributed by atoms with Crippen LogP contribution in [0.15, 0.2) is 48.5 Å². The summed E-state index contributed by atoms with van der Waals surface area (Å²) in [6, 6.07) is 13.7. The first-order valence-corrected chi connectivity index (χ1v) is 9.19. The van der Waals surface area contributed by atoms with Crippen molar-refractivity contribution >= 4 is 29.2 Å². The number of benzene rings is 2. The molecule has 0 unspecified atom stereocenters. The second kappa shape index (κ2) is 8.77. The number of hydrogen-bond donors (Lipinski definition) is 2. The number of ether oxygens (including phenoxy) is 1. The largest absolute Gasteiger partial charge is 0.497 e. The van der Waals surface area contributed by atoms with E-state index in [-0.39, 0.29) is 11.9 Å². The fraction of sp³-hybridized carbons (Fsp3) is 0.300. The Morgan fingerprint density at radius 2 is 2.04 bits per heavy atom. The van der Waals surface area contributed by atoms with Crippen molar-refractivity contribution in [2.45, 2.75) is 25.4 Å². The summed E-state index contributed by atoms with van der Waals surface area (Å²) in [6.07, 6.45) is 1.43. The normalized spacial score (nSPS) is 16.1. The zero-order valence-electron chi connectivity index (χ0n) is 15.1. The molecule has 0 aliphatic carbocycles. The van der Waals surface area contributed by atoms with Crippen LogP contribution in [0.4, 0.5) is 10.5 Å². The van der Waals surface area contributed by atoms with Crippen LogP contribution in [0.3, 0.4) is 0 Å². The Labute approximate surface area is 163 Å². The molecule has 2 N–H and O–H groups in total. The third-order valence-electron chi connectivity index (χ3n) is 4.55. The summed E-state index contributed by atoms with van der Waals surface area (Å²) in [5, 5.41) is 6.32. The van der Waals surface area contributed by atoms with Gasteiger partial charge in [0.05, 0.1) is 7.11 Å². The molecule has 2 aromatic rings. The Morgan fingerprint density at radius 1 is 1.22 bits per heavy atom. The fourth-order valence-electron chi connectivity index (χ4n) is 3.12. The zero-order valence-corrected chi connectivity index (χ0v) is 15.8. The molecule has 1 saturated heterocycles. The molecule has 1 fully saturated rings. The molecule has 27 heavy (non-hydrogen) atoms. The van der Waals surface area contributed by atoms with Crippen molar-refractivity contribution in [3.05, 3.63) is 59.1 Å². The minimum atomic E-state index is -0.488. The highest BCUT2D eigenvalue weighted by atomic mass is 35.5. The minimum Gasteiger partial charge on any atom is -0.497 e. The van der Waals surface area contributed by atoms with Gasteiger partial charge in [-0.25, -0.2) is 4.79 Å². The summed E-state index contributed by atoms with van der Waals surface area (Å²) in [5.41, 5.74) is 1.47. The highest BCUT2D eigenvalue weighted by molar-refractivity contribution is 6.31. The summed E-state index contributed by atoms with van der Waals surface area (Å²) >= 11 is 6.13. The number of nitrogens with one attached hydrogen (secondary N) is 2. The van der Waals surface area contributed by atoms with Crippen molar-refractivity contribution in [3.63, 3.8) is 0 Å². The first kappa shape index (κ1) is 19.0. The number of likely N-dealkylation sites (tertiary alicyclic amines) is 1. The lowest BCUT2D eigenvalue weighted by Crippen LogP contribution is -2.47. The maximum Gasteiger partial charge on any atom is 0.322 e. The van der Waals surface area contributed by atoms with Crippen molar-refractivity contribution in [3.8, 4) is 5.75 Å². The number of nitrogens with zero attached hydrogens (tertiary/aromatic N) is 1. The van der Waals surface area contributed by atoms with E-state index in [2.05, 4.69) is 10.6 Å². The lowest BCUT2D eigenvalue weighted by atomic mass is 10.2. The van der Waals surface area contributed by atoms with E-state index >= 15 is 0 Å². The molecule has 3 amide bonds. The molecule has 1 atom stereocenters. The van der Waals surface area contributed by atoms with E-state index in [1.54, 1.807) is 42.3 Å². The first-order valence-electron chi connectivity index (χ1n) is 8.81. The molecule has 0 bridgehead atoms. The highest BCUT2D eigenvalue weighted by Crippen LogP contribution is 2.22.